The molecule has 162 valence electrons. The van der Waals surface area contributed by atoms with Gasteiger partial charge >= 0.3 is 0 Å². The van der Waals surface area contributed by atoms with Gasteiger partial charge in [-0.05, 0) is 66.6 Å². The monoisotopic (exact) mass is 448 g/mol. The van der Waals surface area contributed by atoms with Crippen LogP contribution in [0.5, 0.6) is 11.5 Å². The third-order valence-corrected chi connectivity index (χ3v) is 5.00. The van der Waals surface area contributed by atoms with Gasteiger partial charge in [0.05, 0.1) is 12.3 Å². The van der Waals surface area contributed by atoms with E-state index in [-0.39, 0.29) is 11.7 Å². The molecule has 1 heterocycles. The number of ether oxygens (including phenoxy) is 2. The van der Waals surface area contributed by atoms with Gasteiger partial charge in [-0.1, -0.05) is 35.9 Å². The third-order valence-electron chi connectivity index (χ3n) is 4.77. The Morgan fingerprint density at radius 2 is 1.94 bits per heavy atom. The Morgan fingerprint density at radius 1 is 1.12 bits per heavy atom. The number of nitrogens with one attached hydrogen (secondary N) is 2. The van der Waals surface area contributed by atoms with Gasteiger partial charge in [-0.15, -0.1) is 0 Å². The molecule has 1 aliphatic heterocycles. The summed E-state index contributed by atoms with van der Waals surface area (Å²) in [5, 5.41) is 6.21. The van der Waals surface area contributed by atoms with Gasteiger partial charge in [-0.3, -0.25) is 9.59 Å². The van der Waals surface area contributed by atoms with E-state index in [1.165, 1.54) is 0 Å². The Kier molecular flexibility index (Phi) is 6.42. The summed E-state index contributed by atoms with van der Waals surface area (Å²) in [5.41, 5.74) is 2.55. The molecule has 0 saturated heterocycles. The maximum atomic E-state index is 12.6. The van der Waals surface area contributed by atoms with E-state index in [4.69, 9.17) is 21.1 Å². The summed E-state index contributed by atoms with van der Waals surface area (Å²) in [6.45, 7) is 2.90. The van der Waals surface area contributed by atoms with Gasteiger partial charge < -0.3 is 20.1 Å². The first-order valence-corrected chi connectivity index (χ1v) is 10.5. The minimum Gasteiger partial charge on any atom is -0.494 e. The van der Waals surface area contributed by atoms with Gasteiger partial charge in [-0.25, -0.2) is 0 Å². The van der Waals surface area contributed by atoms with Crippen molar-refractivity contribution >= 4 is 35.2 Å². The smallest absolute Gasteiger partial charge is 0.291 e. The van der Waals surface area contributed by atoms with E-state index in [1.807, 2.05) is 37.3 Å². The summed E-state index contributed by atoms with van der Waals surface area (Å²) in [6, 6.07) is 19.5. The molecule has 32 heavy (non-hydrogen) atoms. The lowest BCUT2D eigenvalue weighted by Gasteiger charge is -2.20. The van der Waals surface area contributed by atoms with Crippen LogP contribution in [0.1, 0.15) is 28.4 Å². The van der Waals surface area contributed by atoms with Crippen molar-refractivity contribution in [1.82, 2.24) is 5.32 Å². The van der Waals surface area contributed by atoms with Gasteiger partial charge in [0.2, 0.25) is 0 Å². The molecule has 0 aromatic heterocycles. The van der Waals surface area contributed by atoms with Crippen molar-refractivity contribution in [2.45, 2.75) is 13.5 Å². The highest BCUT2D eigenvalue weighted by Crippen LogP contribution is 2.32. The van der Waals surface area contributed by atoms with Crippen molar-refractivity contribution in [3.8, 4) is 11.5 Å². The van der Waals surface area contributed by atoms with E-state index in [9.17, 15) is 9.59 Å². The van der Waals surface area contributed by atoms with Crippen molar-refractivity contribution in [1.29, 1.82) is 0 Å². The molecule has 0 unspecified atom stereocenters. The number of hydrogen-bond acceptors (Lipinski definition) is 4. The SMILES string of the molecule is CCOc1ccc(CNC(=O)c2ccc3c(c2)NC(=O)C(=Cc2cccc(Cl)c2)O3)cc1. The molecule has 2 N–H and O–H groups in total. The number of anilines is 1. The van der Waals surface area contributed by atoms with Crippen molar-refractivity contribution in [3.63, 3.8) is 0 Å². The van der Waals surface area contributed by atoms with Crippen LogP contribution in [-0.2, 0) is 11.3 Å². The summed E-state index contributed by atoms with van der Waals surface area (Å²) in [4.78, 5) is 25.0. The van der Waals surface area contributed by atoms with E-state index < -0.39 is 5.91 Å². The Balaban J connectivity index is 1.43. The summed E-state index contributed by atoms with van der Waals surface area (Å²) < 4.78 is 11.2. The maximum absolute atomic E-state index is 12.6. The van der Waals surface area contributed by atoms with E-state index in [2.05, 4.69) is 10.6 Å². The molecule has 0 saturated carbocycles. The summed E-state index contributed by atoms with van der Waals surface area (Å²) in [5.74, 6) is 0.741. The number of carbonyl (C=O) groups excluding carboxylic acids is 2. The first-order chi connectivity index (χ1) is 15.5. The lowest BCUT2D eigenvalue weighted by Crippen LogP contribution is -2.25. The van der Waals surface area contributed by atoms with Crippen LogP contribution < -0.4 is 20.1 Å². The summed E-state index contributed by atoms with van der Waals surface area (Å²) >= 11 is 6.00. The van der Waals surface area contributed by atoms with Crippen molar-refractivity contribution in [3.05, 3.63) is 94.2 Å². The zero-order chi connectivity index (χ0) is 22.5. The Bertz CT molecular complexity index is 1190. The number of halogens is 1. The molecule has 0 atom stereocenters. The fourth-order valence-electron chi connectivity index (χ4n) is 3.20. The number of fused-ring (bicyclic) bond motifs is 1. The van der Waals surface area contributed by atoms with E-state index in [0.717, 1.165) is 16.9 Å². The quantitative estimate of drug-likeness (QED) is 0.518. The molecular formula is C25H21ClN2O4. The first kappa shape index (κ1) is 21.5. The molecule has 0 spiro atoms. The average Bonchev–Trinajstić information content (AvgIpc) is 2.79. The fraction of sp³-hybridized carbons (Fsp3) is 0.120. The van der Waals surface area contributed by atoms with Crippen molar-refractivity contribution < 1.29 is 19.1 Å². The van der Waals surface area contributed by atoms with Crippen LogP contribution >= 0.6 is 11.6 Å². The summed E-state index contributed by atoms with van der Waals surface area (Å²) in [7, 11) is 0. The molecule has 0 radical (unpaired) electrons. The zero-order valence-electron chi connectivity index (χ0n) is 17.4. The number of amides is 2. The van der Waals surface area contributed by atoms with E-state index >= 15 is 0 Å². The van der Waals surface area contributed by atoms with Crippen LogP contribution in [0, 0.1) is 0 Å². The van der Waals surface area contributed by atoms with Gasteiger partial charge in [0.15, 0.2) is 11.5 Å². The number of carbonyl (C=O) groups is 2. The standard InChI is InChI=1S/C25H21ClN2O4/c1-2-31-20-9-6-16(7-10-20)15-27-24(29)18-8-11-22-21(14-18)28-25(30)23(32-22)13-17-4-3-5-19(26)12-17/h3-14H,2,15H2,1H3,(H,27,29)(H,28,30). The molecule has 0 bridgehead atoms. The normalized spacial score (nSPS) is 13.7. The predicted octanol–water partition coefficient (Wildman–Crippen LogP) is 5.04. The predicted molar refractivity (Wildman–Crippen MR) is 124 cm³/mol. The highest BCUT2D eigenvalue weighted by molar-refractivity contribution is 6.30. The van der Waals surface area contributed by atoms with Crippen LogP contribution in [0.25, 0.3) is 6.08 Å². The minimum absolute atomic E-state index is 0.146. The highest BCUT2D eigenvalue weighted by atomic mass is 35.5. The minimum atomic E-state index is -0.399. The fourth-order valence-corrected chi connectivity index (χ4v) is 3.40. The highest BCUT2D eigenvalue weighted by Gasteiger charge is 2.23. The first-order valence-electron chi connectivity index (χ1n) is 10.1. The third kappa shape index (κ3) is 5.10. The van der Waals surface area contributed by atoms with Crippen LogP contribution in [0.3, 0.4) is 0 Å². The summed E-state index contributed by atoms with van der Waals surface area (Å²) in [6.07, 6.45) is 1.61. The number of rotatable bonds is 6. The van der Waals surface area contributed by atoms with E-state index in [0.29, 0.717) is 35.2 Å². The van der Waals surface area contributed by atoms with Crippen molar-refractivity contribution in [2.75, 3.05) is 11.9 Å². The number of benzene rings is 3. The maximum Gasteiger partial charge on any atom is 0.291 e. The molecular weight excluding hydrogens is 428 g/mol. The van der Waals surface area contributed by atoms with Crippen LogP contribution in [0.15, 0.2) is 72.5 Å². The zero-order valence-corrected chi connectivity index (χ0v) is 18.1. The molecule has 3 aromatic carbocycles. The van der Waals surface area contributed by atoms with Crippen LogP contribution in [0.2, 0.25) is 5.02 Å². The van der Waals surface area contributed by atoms with Crippen LogP contribution in [0.4, 0.5) is 5.69 Å². The molecule has 2 amide bonds. The molecule has 1 aliphatic rings. The second-order valence-electron chi connectivity index (χ2n) is 7.09. The largest absolute Gasteiger partial charge is 0.494 e. The second kappa shape index (κ2) is 9.58. The number of hydrogen-bond donors (Lipinski definition) is 2. The van der Waals surface area contributed by atoms with E-state index in [1.54, 1.807) is 42.5 Å². The Morgan fingerprint density at radius 3 is 2.69 bits per heavy atom. The molecule has 7 heteroatoms. The lowest BCUT2D eigenvalue weighted by atomic mass is 10.1. The van der Waals surface area contributed by atoms with Gasteiger partial charge in [0.25, 0.3) is 11.8 Å². The van der Waals surface area contributed by atoms with Crippen LogP contribution in [-0.4, -0.2) is 18.4 Å². The van der Waals surface area contributed by atoms with Crippen molar-refractivity contribution in [2.24, 2.45) is 0 Å². The molecule has 3 aromatic rings. The Hall–Kier alpha value is -3.77. The average molecular weight is 449 g/mol. The lowest BCUT2D eigenvalue weighted by molar-refractivity contribution is -0.115. The van der Waals surface area contributed by atoms with Gasteiger partial charge in [-0.2, -0.15) is 0 Å². The molecule has 6 nitrogen and oxygen atoms in total. The topological polar surface area (TPSA) is 76.7 Å². The molecule has 4 rings (SSSR count). The Labute approximate surface area is 190 Å². The molecule has 0 fully saturated rings. The van der Waals surface area contributed by atoms with Gasteiger partial charge in [0.1, 0.15) is 5.75 Å². The van der Waals surface area contributed by atoms with Gasteiger partial charge in [0, 0.05) is 17.1 Å². The molecule has 0 aliphatic carbocycles. The second-order valence-corrected chi connectivity index (χ2v) is 7.53.